The molecule has 1 unspecified atom stereocenters. The highest BCUT2D eigenvalue weighted by Gasteiger charge is 2.11. The van der Waals surface area contributed by atoms with E-state index in [1.165, 1.54) is 11.6 Å². The predicted molar refractivity (Wildman–Crippen MR) is 81.5 cm³/mol. The van der Waals surface area contributed by atoms with Gasteiger partial charge in [-0.25, -0.2) is 4.39 Å². The van der Waals surface area contributed by atoms with E-state index >= 15 is 0 Å². The SMILES string of the molecule is CC(C)c1ccc(S(=O)Cc2cccc(N)c2F)cc1. The first-order chi connectivity index (χ1) is 9.49. The fourth-order valence-corrected chi connectivity index (χ4v) is 3.05. The van der Waals surface area contributed by atoms with Crippen LogP contribution in [-0.2, 0) is 16.6 Å². The number of benzene rings is 2. The molecule has 0 amide bonds. The number of rotatable bonds is 4. The highest BCUT2D eigenvalue weighted by molar-refractivity contribution is 7.84. The van der Waals surface area contributed by atoms with E-state index in [1.54, 1.807) is 12.1 Å². The monoisotopic (exact) mass is 291 g/mol. The maximum absolute atomic E-state index is 13.8. The maximum Gasteiger partial charge on any atom is 0.150 e. The van der Waals surface area contributed by atoms with Gasteiger partial charge < -0.3 is 5.73 Å². The number of hydrogen-bond donors (Lipinski definition) is 1. The van der Waals surface area contributed by atoms with E-state index in [0.29, 0.717) is 16.4 Å². The Labute approximate surface area is 121 Å². The summed E-state index contributed by atoms with van der Waals surface area (Å²) >= 11 is 0. The minimum Gasteiger partial charge on any atom is -0.396 e. The van der Waals surface area contributed by atoms with Gasteiger partial charge in [-0.3, -0.25) is 4.21 Å². The average Bonchev–Trinajstić information content (AvgIpc) is 2.44. The second kappa shape index (κ2) is 6.18. The van der Waals surface area contributed by atoms with Crippen LogP contribution in [0.2, 0.25) is 0 Å². The summed E-state index contributed by atoms with van der Waals surface area (Å²) in [4.78, 5) is 0.705. The molecule has 106 valence electrons. The van der Waals surface area contributed by atoms with Gasteiger partial charge in [-0.1, -0.05) is 38.1 Å². The lowest BCUT2D eigenvalue weighted by Gasteiger charge is -2.08. The lowest BCUT2D eigenvalue weighted by molar-refractivity contribution is 0.620. The van der Waals surface area contributed by atoms with Crippen molar-refractivity contribution in [3.63, 3.8) is 0 Å². The Morgan fingerprint density at radius 1 is 1.15 bits per heavy atom. The lowest BCUT2D eigenvalue weighted by Crippen LogP contribution is -2.02. The molecular formula is C16H18FNOS. The summed E-state index contributed by atoms with van der Waals surface area (Å²) in [5.41, 5.74) is 7.19. The fourth-order valence-electron chi connectivity index (χ4n) is 1.94. The molecular weight excluding hydrogens is 273 g/mol. The topological polar surface area (TPSA) is 43.1 Å². The predicted octanol–water partition coefficient (Wildman–Crippen LogP) is 3.84. The summed E-state index contributed by atoms with van der Waals surface area (Å²) in [6.45, 7) is 4.21. The zero-order valence-electron chi connectivity index (χ0n) is 11.6. The molecule has 1 atom stereocenters. The van der Waals surface area contributed by atoms with Gasteiger partial charge in [0.1, 0.15) is 5.82 Å². The summed E-state index contributed by atoms with van der Waals surface area (Å²) in [6.07, 6.45) is 0. The second-order valence-corrected chi connectivity index (χ2v) is 6.49. The minimum atomic E-state index is -1.27. The molecule has 0 radical (unpaired) electrons. The van der Waals surface area contributed by atoms with Gasteiger partial charge in [0.05, 0.1) is 22.2 Å². The molecule has 2 aromatic carbocycles. The molecule has 4 heteroatoms. The van der Waals surface area contributed by atoms with Crippen molar-refractivity contribution in [3.05, 3.63) is 59.4 Å². The van der Waals surface area contributed by atoms with E-state index in [-0.39, 0.29) is 11.4 Å². The molecule has 2 rings (SSSR count). The van der Waals surface area contributed by atoms with Crippen molar-refractivity contribution < 1.29 is 8.60 Å². The largest absolute Gasteiger partial charge is 0.396 e. The number of halogens is 1. The molecule has 2 N–H and O–H groups in total. The van der Waals surface area contributed by atoms with Crippen LogP contribution in [0.15, 0.2) is 47.4 Å². The van der Waals surface area contributed by atoms with Gasteiger partial charge in [-0.2, -0.15) is 0 Å². The molecule has 20 heavy (non-hydrogen) atoms. The molecule has 0 saturated heterocycles. The molecule has 0 saturated carbocycles. The summed E-state index contributed by atoms with van der Waals surface area (Å²) in [7, 11) is -1.27. The molecule has 0 aromatic heterocycles. The lowest BCUT2D eigenvalue weighted by atomic mass is 10.0. The number of nitrogens with two attached hydrogens (primary N) is 1. The van der Waals surface area contributed by atoms with Gasteiger partial charge in [0.25, 0.3) is 0 Å². The van der Waals surface area contributed by atoms with E-state index in [9.17, 15) is 8.60 Å². The molecule has 0 fully saturated rings. The third-order valence-corrected chi connectivity index (χ3v) is 4.58. The van der Waals surface area contributed by atoms with Crippen LogP contribution in [0, 0.1) is 5.82 Å². The number of nitrogen functional groups attached to an aromatic ring is 1. The zero-order chi connectivity index (χ0) is 14.7. The molecule has 2 nitrogen and oxygen atoms in total. The summed E-state index contributed by atoms with van der Waals surface area (Å²) < 4.78 is 26.1. The quantitative estimate of drug-likeness (QED) is 0.870. The van der Waals surface area contributed by atoms with Crippen molar-refractivity contribution in [2.75, 3.05) is 5.73 Å². The van der Waals surface area contributed by atoms with Gasteiger partial charge in [0.2, 0.25) is 0 Å². The maximum atomic E-state index is 13.8. The number of anilines is 1. The van der Waals surface area contributed by atoms with Crippen molar-refractivity contribution in [2.24, 2.45) is 0 Å². The Balaban J connectivity index is 2.18. The fraction of sp³-hybridized carbons (Fsp3) is 0.250. The smallest absolute Gasteiger partial charge is 0.150 e. The second-order valence-electron chi connectivity index (χ2n) is 5.03. The highest BCUT2D eigenvalue weighted by atomic mass is 32.2. The third kappa shape index (κ3) is 3.25. The van der Waals surface area contributed by atoms with Gasteiger partial charge in [-0.15, -0.1) is 0 Å². The summed E-state index contributed by atoms with van der Waals surface area (Å²) in [5, 5.41) is 0. The molecule has 0 heterocycles. The van der Waals surface area contributed by atoms with Crippen molar-refractivity contribution in [1.82, 2.24) is 0 Å². The van der Waals surface area contributed by atoms with Crippen molar-refractivity contribution >= 4 is 16.5 Å². The summed E-state index contributed by atoms with van der Waals surface area (Å²) in [5.74, 6) is 0.0984. The van der Waals surface area contributed by atoms with Crippen molar-refractivity contribution in [1.29, 1.82) is 0 Å². The minimum absolute atomic E-state index is 0.0923. The van der Waals surface area contributed by atoms with E-state index in [4.69, 9.17) is 5.73 Å². The summed E-state index contributed by atoms with van der Waals surface area (Å²) in [6, 6.07) is 12.4. The van der Waals surface area contributed by atoms with E-state index in [1.807, 2.05) is 24.3 Å². The van der Waals surface area contributed by atoms with Crippen LogP contribution < -0.4 is 5.73 Å². The van der Waals surface area contributed by atoms with E-state index in [2.05, 4.69) is 13.8 Å². The van der Waals surface area contributed by atoms with Crippen LogP contribution in [0.5, 0.6) is 0 Å². The van der Waals surface area contributed by atoms with E-state index in [0.717, 1.165) is 0 Å². The van der Waals surface area contributed by atoms with Gasteiger partial charge in [0.15, 0.2) is 0 Å². The van der Waals surface area contributed by atoms with Gasteiger partial charge >= 0.3 is 0 Å². The third-order valence-electron chi connectivity index (χ3n) is 3.20. The van der Waals surface area contributed by atoms with Gasteiger partial charge in [0, 0.05) is 10.5 Å². The first-order valence-corrected chi connectivity index (χ1v) is 7.82. The van der Waals surface area contributed by atoms with Crippen LogP contribution in [0.1, 0.15) is 30.9 Å². The van der Waals surface area contributed by atoms with Crippen LogP contribution in [0.4, 0.5) is 10.1 Å². The van der Waals surface area contributed by atoms with Gasteiger partial charge in [-0.05, 0) is 29.7 Å². The van der Waals surface area contributed by atoms with Crippen LogP contribution in [-0.4, -0.2) is 4.21 Å². The van der Waals surface area contributed by atoms with Crippen LogP contribution in [0.3, 0.4) is 0 Å². The Bertz CT molecular complexity index is 623. The molecule has 0 aliphatic carbocycles. The molecule has 0 bridgehead atoms. The van der Waals surface area contributed by atoms with Crippen molar-refractivity contribution in [3.8, 4) is 0 Å². The Morgan fingerprint density at radius 2 is 1.80 bits per heavy atom. The Hall–Kier alpha value is -1.68. The molecule has 0 aliphatic rings. The van der Waals surface area contributed by atoms with Crippen molar-refractivity contribution in [2.45, 2.75) is 30.4 Å². The van der Waals surface area contributed by atoms with Crippen LogP contribution >= 0.6 is 0 Å². The Kier molecular flexibility index (Phi) is 4.55. The standard InChI is InChI=1S/C16H18FNOS/c1-11(2)12-6-8-14(9-7-12)20(19)10-13-4-3-5-15(18)16(13)17/h3-9,11H,10,18H2,1-2H3. The molecule has 0 aliphatic heterocycles. The first kappa shape index (κ1) is 14.7. The first-order valence-electron chi connectivity index (χ1n) is 6.50. The normalized spacial score (nSPS) is 12.6. The Morgan fingerprint density at radius 3 is 2.40 bits per heavy atom. The van der Waals surface area contributed by atoms with Crippen LogP contribution in [0.25, 0.3) is 0 Å². The molecule has 0 spiro atoms. The molecule has 2 aromatic rings. The zero-order valence-corrected chi connectivity index (χ0v) is 12.4. The highest BCUT2D eigenvalue weighted by Crippen LogP contribution is 2.21. The average molecular weight is 291 g/mol. The van der Waals surface area contributed by atoms with E-state index < -0.39 is 16.6 Å². The number of hydrogen-bond acceptors (Lipinski definition) is 2.